The minimum Gasteiger partial charge on any atom is -0.387 e. The fourth-order valence-corrected chi connectivity index (χ4v) is 3.26. The lowest BCUT2D eigenvalue weighted by molar-refractivity contribution is 0.144. The Morgan fingerprint density at radius 2 is 1.59 bits per heavy atom. The summed E-state index contributed by atoms with van der Waals surface area (Å²) in [5.74, 6) is 0. The number of hydrogen-bond donors (Lipinski definition) is 2. The van der Waals surface area contributed by atoms with E-state index in [1.807, 2.05) is 0 Å². The first-order valence-corrected chi connectivity index (χ1v) is 6.84. The van der Waals surface area contributed by atoms with Crippen molar-refractivity contribution < 1.29 is 5.11 Å². The van der Waals surface area contributed by atoms with Crippen molar-refractivity contribution in [3.8, 4) is 0 Å². The van der Waals surface area contributed by atoms with Crippen LogP contribution >= 0.6 is 0 Å². The van der Waals surface area contributed by atoms with Gasteiger partial charge in [0.15, 0.2) is 0 Å². The van der Waals surface area contributed by atoms with E-state index in [2.05, 4.69) is 12.1 Å². The Morgan fingerprint density at radius 1 is 0.941 bits per heavy atom. The van der Waals surface area contributed by atoms with Crippen LogP contribution in [0.1, 0.15) is 54.0 Å². The molecule has 0 aliphatic heterocycles. The molecule has 92 valence electrons. The maximum atomic E-state index is 10.3. The van der Waals surface area contributed by atoms with Gasteiger partial charge < -0.3 is 10.8 Å². The van der Waals surface area contributed by atoms with Gasteiger partial charge >= 0.3 is 0 Å². The Bertz CT molecular complexity index is 427. The Kier molecular flexibility index (Phi) is 2.93. The monoisotopic (exact) mass is 231 g/mol. The quantitative estimate of drug-likeness (QED) is 0.673. The van der Waals surface area contributed by atoms with Gasteiger partial charge in [-0.1, -0.05) is 12.1 Å². The van der Waals surface area contributed by atoms with E-state index in [1.165, 1.54) is 42.4 Å². The van der Waals surface area contributed by atoms with Gasteiger partial charge in [0.1, 0.15) is 0 Å². The highest BCUT2D eigenvalue weighted by atomic mass is 16.3. The highest BCUT2D eigenvalue weighted by molar-refractivity contribution is 5.42. The lowest BCUT2D eigenvalue weighted by Gasteiger charge is -2.22. The Labute approximate surface area is 103 Å². The predicted molar refractivity (Wildman–Crippen MR) is 69.0 cm³/mol. The van der Waals surface area contributed by atoms with Gasteiger partial charge in [0.2, 0.25) is 0 Å². The molecule has 0 radical (unpaired) electrons. The number of aryl methyl sites for hydroxylation is 3. The Hall–Kier alpha value is -0.860. The van der Waals surface area contributed by atoms with E-state index < -0.39 is 6.10 Å². The van der Waals surface area contributed by atoms with Crippen molar-refractivity contribution in [1.29, 1.82) is 0 Å². The first kappa shape index (κ1) is 11.2. The highest BCUT2D eigenvalue weighted by Gasteiger charge is 2.24. The summed E-state index contributed by atoms with van der Waals surface area (Å²) < 4.78 is 0. The zero-order valence-electron chi connectivity index (χ0n) is 10.3. The second-order valence-corrected chi connectivity index (χ2v) is 5.53. The summed E-state index contributed by atoms with van der Waals surface area (Å²) >= 11 is 0. The van der Waals surface area contributed by atoms with E-state index in [0.29, 0.717) is 0 Å². The van der Waals surface area contributed by atoms with Crippen LogP contribution < -0.4 is 5.73 Å². The summed E-state index contributed by atoms with van der Waals surface area (Å²) in [6.45, 7) is 0. The molecule has 0 aromatic heterocycles. The number of rotatable bonds is 0. The second kappa shape index (κ2) is 4.43. The van der Waals surface area contributed by atoms with Crippen LogP contribution in [-0.2, 0) is 19.3 Å². The molecule has 3 N–H and O–H groups in total. The van der Waals surface area contributed by atoms with Crippen LogP contribution in [0.2, 0.25) is 0 Å². The SMILES string of the molecule is N[C@H]1CCCc2cc3c(cc2[C@H]1O)CCCC3. The average Bonchev–Trinajstić information content (AvgIpc) is 2.48. The predicted octanol–water partition coefficient (Wildman–Crippen LogP) is 2.26. The number of benzene rings is 1. The fraction of sp³-hybridized carbons (Fsp3) is 0.600. The van der Waals surface area contributed by atoms with Crippen LogP contribution in [-0.4, -0.2) is 11.1 Å². The molecule has 1 aromatic carbocycles. The van der Waals surface area contributed by atoms with E-state index >= 15 is 0 Å². The third-order valence-electron chi connectivity index (χ3n) is 4.31. The molecule has 0 saturated carbocycles. The molecule has 2 aliphatic rings. The van der Waals surface area contributed by atoms with Crippen LogP contribution in [0, 0.1) is 0 Å². The molecule has 0 amide bonds. The fourth-order valence-electron chi connectivity index (χ4n) is 3.26. The van der Waals surface area contributed by atoms with Gasteiger partial charge in [-0.3, -0.25) is 0 Å². The van der Waals surface area contributed by atoms with E-state index in [9.17, 15) is 5.11 Å². The first-order chi connectivity index (χ1) is 8.25. The van der Waals surface area contributed by atoms with Crippen LogP contribution in [0.5, 0.6) is 0 Å². The standard InChI is InChI=1S/C15H21NO/c16-14-7-3-6-12-8-10-4-1-2-5-11(10)9-13(12)15(14)17/h8-9,14-15,17H,1-7,16H2/t14-,15+/m0/s1. The molecule has 2 heteroatoms. The highest BCUT2D eigenvalue weighted by Crippen LogP contribution is 2.32. The molecule has 2 nitrogen and oxygen atoms in total. The molecule has 1 aromatic rings. The minimum atomic E-state index is -0.459. The molecule has 0 heterocycles. The van der Waals surface area contributed by atoms with Gasteiger partial charge in [0.25, 0.3) is 0 Å². The zero-order chi connectivity index (χ0) is 11.8. The molecular weight excluding hydrogens is 210 g/mol. The number of nitrogens with two attached hydrogens (primary N) is 1. The Morgan fingerprint density at radius 3 is 2.35 bits per heavy atom. The Balaban J connectivity index is 2.06. The van der Waals surface area contributed by atoms with Crippen molar-refractivity contribution in [3.63, 3.8) is 0 Å². The normalized spacial score (nSPS) is 28.1. The van der Waals surface area contributed by atoms with Crippen LogP contribution in [0.3, 0.4) is 0 Å². The van der Waals surface area contributed by atoms with Gasteiger partial charge in [-0.25, -0.2) is 0 Å². The topological polar surface area (TPSA) is 46.2 Å². The van der Waals surface area contributed by atoms with Gasteiger partial charge in [0, 0.05) is 6.04 Å². The van der Waals surface area contributed by atoms with Gasteiger partial charge in [-0.15, -0.1) is 0 Å². The summed E-state index contributed by atoms with van der Waals surface area (Å²) in [6.07, 6.45) is 7.63. The smallest absolute Gasteiger partial charge is 0.0943 e. The summed E-state index contributed by atoms with van der Waals surface area (Å²) in [5, 5.41) is 10.3. The van der Waals surface area contributed by atoms with E-state index in [0.717, 1.165) is 24.8 Å². The van der Waals surface area contributed by atoms with Gasteiger partial charge in [-0.2, -0.15) is 0 Å². The zero-order valence-corrected chi connectivity index (χ0v) is 10.3. The summed E-state index contributed by atoms with van der Waals surface area (Å²) in [6, 6.07) is 4.49. The largest absolute Gasteiger partial charge is 0.387 e. The maximum absolute atomic E-state index is 10.3. The molecule has 2 aliphatic carbocycles. The number of fused-ring (bicyclic) bond motifs is 2. The van der Waals surface area contributed by atoms with E-state index in [1.54, 1.807) is 0 Å². The van der Waals surface area contributed by atoms with Crippen molar-refractivity contribution in [2.45, 2.75) is 57.1 Å². The molecule has 0 unspecified atom stereocenters. The van der Waals surface area contributed by atoms with E-state index in [4.69, 9.17) is 5.73 Å². The van der Waals surface area contributed by atoms with Gasteiger partial charge in [-0.05, 0) is 67.2 Å². The lowest BCUT2D eigenvalue weighted by atomic mass is 9.86. The van der Waals surface area contributed by atoms with Gasteiger partial charge in [0.05, 0.1) is 6.10 Å². The number of hydrogen-bond acceptors (Lipinski definition) is 2. The first-order valence-electron chi connectivity index (χ1n) is 6.84. The third kappa shape index (κ3) is 2.00. The van der Waals surface area contributed by atoms with Crippen molar-refractivity contribution in [1.82, 2.24) is 0 Å². The van der Waals surface area contributed by atoms with E-state index in [-0.39, 0.29) is 6.04 Å². The number of aliphatic hydroxyl groups excluding tert-OH is 1. The summed E-state index contributed by atoms with van der Waals surface area (Å²) in [4.78, 5) is 0. The third-order valence-corrected chi connectivity index (χ3v) is 4.31. The molecule has 2 atom stereocenters. The van der Waals surface area contributed by atoms with Crippen molar-refractivity contribution in [2.75, 3.05) is 0 Å². The maximum Gasteiger partial charge on any atom is 0.0943 e. The molecular formula is C15H21NO. The van der Waals surface area contributed by atoms with Crippen molar-refractivity contribution >= 4 is 0 Å². The average molecular weight is 231 g/mol. The molecule has 0 saturated heterocycles. The van der Waals surface area contributed by atoms with Crippen LogP contribution in [0.4, 0.5) is 0 Å². The minimum absolute atomic E-state index is 0.0853. The molecule has 0 bridgehead atoms. The second-order valence-electron chi connectivity index (χ2n) is 5.53. The number of aliphatic hydroxyl groups is 1. The lowest BCUT2D eigenvalue weighted by Crippen LogP contribution is -2.27. The summed E-state index contributed by atoms with van der Waals surface area (Å²) in [5.41, 5.74) is 11.4. The summed E-state index contributed by atoms with van der Waals surface area (Å²) in [7, 11) is 0. The van der Waals surface area contributed by atoms with Crippen molar-refractivity contribution in [2.24, 2.45) is 5.73 Å². The molecule has 17 heavy (non-hydrogen) atoms. The van der Waals surface area contributed by atoms with Crippen molar-refractivity contribution in [3.05, 3.63) is 34.4 Å². The van der Waals surface area contributed by atoms with Crippen LogP contribution in [0.25, 0.3) is 0 Å². The molecule has 3 rings (SSSR count). The molecule has 0 spiro atoms. The molecule has 0 fully saturated rings. The van der Waals surface area contributed by atoms with Crippen LogP contribution in [0.15, 0.2) is 12.1 Å².